The molecule has 0 bridgehead atoms. The zero-order valence-electron chi connectivity index (χ0n) is 58.3. The molecule has 508 valence electrons. The zero-order chi connectivity index (χ0) is 62.0. The van der Waals surface area contributed by atoms with Crippen molar-refractivity contribution < 1.29 is 24.5 Å². The Bertz CT molecular complexity index is 1390. The summed E-state index contributed by atoms with van der Waals surface area (Å²) in [5, 5.41) is 23.3. The molecule has 6 nitrogen and oxygen atoms in total. The van der Waals surface area contributed by atoms with Gasteiger partial charge < -0.3 is 20.3 Å². The van der Waals surface area contributed by atoms with Crippen LogP contribution in [0.3, 0.4) is 0 Å². The lowest BCUT2D eigenvalue weighted by molar-refractivity contribution is -0.143. The van der Waals surface area contributed by atoms with Crippen molar-refractivity contribution in [2.45, 2.75) is 450 Å². The molecule has 6 heteroatoms. The molecule has 0 rings (SSSR count). The van der Waals surface area contributed by atoms with Crippen LogP contribution in [0.25, 0.3) is 0 Å². The molecule has 2 unspecified atom stereocenters. The van der Waals surface area contributed by atoms with Crippen LogP contribution in [0.5, 0.6) is 0 Å². The maximum atomic E-state index is 12.5. The van der Waals surface area contributed by atoms with E-state index in [0.717, 1.165) is 38.5 Å². The predicted octanol–water partition coefficient (Wildman–Crippen LogP) is 25.8. The molecule has 2 atom stereocenters. The largest absolute Gasteiger partial charge is 0.466 e. The highest BCUT2D eigenvalue weighted by Gasteiger charge is 2.18. The number of ether oxygens (including phenoxy) is 1. The summed E-state index contributed by atoms with van der Waals surface area (Å²) in [7, 11) is 0. The van der Waals surface area contributed by atoms with Crippen LogP contribution >= 0.6 is 0 Å². The first-order valence-corrected chi connectivity index (χ1v) is 39.3. The number of aliphatic hydroxyl groups is 2. The molecule has 0 aliphatic rings. The minimum atomic E-state index is -0.844. The van der Waals surface area contributed by atoms with Crippen LogP contribution in [0.2, 0.25) is 0 Å². The van der Waals surface area contributed by atoms with Crippen molar-refractivity contribution in [3.8, 4) is 0 Å². The first-order chi connectivity index (χ1) is 42.5. The van der Waals surface area contributed by atoms with E-state index in [4.69, 9.17) is 4.74 Å². The Morgan fingerprint density at radius 1 is 0.314 bits per heavy atom. The van der Waals surface area contributed by atoms with Gasteiger partial charge in [-0.05, 0) is 83.5 Å². The van der Waals surface area contributed by atoms with Gasteiger partial charge in [0.25, 0.3) is 0 Å². The fourth-order valence-electron chi connectivity index (χ4n) is 12.4. The zero-order valence-corrected chi connectivity index (χ0v) is 58.3. The number of rotatable bonds is 74. The van der Waals surface area contributed by atoms with Gasteiger partial charge in [-0.1, -0.05) is 378 Å². The Balaban J connectivity index is 3.37. The molecular weight excluding hydrogens is 1050 g/mol. The summed E-state index contributed by atoms with van der Waals surface area (Å²) in [6, 6.07) is -0.627. The van der Waals surface area contributed by atoms with E-state index in [2.05, 4.69) is 43.5 Å². The van der Waals surface area contributed by atoms with Crippen LogP contribution in [0.4, 0.5) is 0 Å². The van der Waals surface area contributed by atoms with Crippen molar-refractivity contribution in [1.29, 1.82) is 0 Å². The summed E-state index contributed by atoms with van der Waals surface area (Å²) in [6.45, 7) is 4.95. The van der Waals surface area contributed by atoms with Crippen LogP contribution in [-0.4, -0.2) is 47.4 Å². The van der Waals surface area contributed by atoms with Gasteiger partial charge in [-0.25, -0.2) is 0 Å². The summed E-state index contributed by atoms with van der Waals surface area (Å²) >= 11 is 0. The smallest absolute Gasteiger partial charge is 0.305 e. The second-order valence-corrected chi connectivity index (χ2v) is 27.0. The molecule has 0 aliphatic heterocycles. The van der Waals surface area contributed by atoms with Crippen molar-refractivity contribution in [2.24, 2.45) is 0 Å². The average molecular weight is 1210 g/mol. The van der Waals surface area contributed by atoms with Crippen LogP contribution in [0.15, 0.2) is 36.5 Å². The summed E-state index contributed by atoms with van der Waals surface area (Å²) in [6.07, 6.45) is 98.3. The number of carbonyl (C=O) groups excluding carboxylic acids is 2. The second kappa shape index (κ2) is 75.5. The second-order valence-electron chi connectivity index (χ2n) is 27.0. The van der Waals surface area contributed by atoms with E-state index in [1.54, 1.807) is 6.08 Å². The van der Waals surface area contributed by atoms with Crippen LogP contribution in [0.1, 0.15) is 438 Å². The maximum Gasteiger partial charge on any atom is 0.305 e. The van der Waals surface area contributed by atoms with Gasteiger partial charge in [-0.2, -0.15) is 0 Å². The summed E-state index contributed by atoms with van der Waals surface area (Å²) in [5.74, 6) is -0.0442. The third kappa shape index (κ3) is 71.2. The molecule has 0 aromatic heterocycles. The first kappa shape index (κ1) is 84.1. The summed E-state index contributed by atoms with van der Waals surface area (Å²) in [5.41, 5.74) is 0. The number of allylic oxidation sites excluding steroid dienone is 5. The van der Waals surface area contributed by atoms with Gasteiger partial charge in [0.1, 0.15) is 0 Å². The number of aliphatic hydroxyl groups excluding tert-OH is 2. The molecule has 0 radical (unpaired) electrons. The molecule has 1 amide bonds. The topological polar surface area (TPSA) is 95.9 Å². The first-order valence-electron chi connectivity index (χ1n) is 39.3. The molecule has 86 heavy (non-hydrogen) atoms. The summed E-state index contributed by atoms with van der Waals surface area (Å²) in [4.78, 5) is 24.7. The Kier molecular flexibility index (Phi) is 73.9. The number of unbranched alkanes of at least 4 members (excludes halogenated alkanes) is 59. The molecule has 0 aromatic carbocycles. The van der Waals surface area contributed by atoms with Gasteiger partial charge in [0.2, 0.25) is 5.91 Å². The molecule has 0 saturated heterocycles. The molecule has 3 N–H and O–H groups in total. The van der Waals surface area contributed by atoms with Gasteiger partial charge in [0, 0.05) is 12.8 Å². The highest BCUT2D eigenvalue weighted by molar-refractivity contribution is 5.76. The van der Waals surface area contributed by atoms with E-state index < -0.39 is 12.1 Å². The van der Waals surface area contributed by atoms with E-state index in [1.807, 2.05) is 6.08 Å². The lowest BCUT2D eigenvalue weighted by Gasteiger charge is -2.20. The van der Waals surface area contributed by atoms with Crippen LogP contribution < -0.4 is 5.32 Å². The SMILES string of the molecule is CCCCCCCC/C=C\CCCCCCCCCCCC(=O)OCCCCCCCCCCCCCC/C=C\CCCCCCCCCCCCCCCCCC(=O)NC(CO)C(O)/C=C/CCCCCCCCCCCCCCCCCCC. The van der Waals surface area contributed by atoms with Crippen molar-refractivity contribution in [3.63, 3.8) is 0 Å². The highest BCUT2D eigenvalue weighted by atomic mass is 16.5. The molecular formula is C80H153NO5. The third-order valence-electron chi connectivity index (χ3n) is 18.4. The monoisotopic (exact) mass is 1210 g/mol. The minimum Gasteiger partial charge on any atom is -0.466 e. The van der Waals surface area contributed by atoms with Gasteiger partial charge in [-0.3, -0.25) is 9.59 Å². The molecule has 0 spiro atoms. The van der Waals surface area contributed by atoms with E-state index in [0.29, 0.717) is 19.4 Å². The minimum absolute atomic E-state index is 0.0177. The number of carbonyl (C=O) groups is 2. The Morgan fingerprint density at radius 3 is 0.826 bits per heavy atom. The van der Waals surface area contributed by atoms with Gasteiger partial charge in [0.15, 0.2) is 0 Å². The maximum absolute atomic E-state index is 12.5. The van der Waals surface area contributed by atoms with Crippen molar-refractivity contribution in [2.75, 3.05) is 13.2 Å². The average Bonchev–Trinajstić information content (AvgIpc) is 3.54. The van der Waals surface area contributed by atoms with Gasteiger partial charge >= 0.3 is 5.97 Å². The highest BCUT2D eigenvalue weighted by Crippen LogP contribution is 2.19. The van der Waals surface area contributed by atoms with Crippen LogP contribution in [0, 0.1) is 0 Å². The van der Waals surface area contributed by atoms with Crippen molar-refractivity contribution >= 4 is 11.9 Å². The summed E-state index contributed by atoms with van der Waals surface area (Å²) < 4.78 is 5.52. The van der Waals surface area contributed by atoms with E-state index in [-0.39, 0.29) is 18.5 Å². The lowest BCUT2D eigenvalue weighted by atomic mass is 10.0. The Hall–Kier alpha value is -1.92. The van der Waals surface area contributed by atoms with E-state index in [1.165, 1.54) is 372 Å². The Labute approximate surface area is 538 Å². The molecule has 0 aromatic rings. The lowest BCUT2D eigenvalue weighted by Crippen LogP contribution is -2.45. The molecule has 0 heterocycles. The predicted molar refractivity (Wildman–Crippen MR) is 379 cm³/mol. The number of nitrogens with one attached hydrogen (secondary N) is 1. The molecule has 0 saturated carbocycles. The van der Waals surface area contributed by atoms with E-state index >= 15 is 0 Å². The normalized spacial score (nSPS) is 12.7. The fourth-order valence-corrected chi connectivity index (χ4v) is 12.4. The number of hydrogen-bond acceptors (Lipinski definition) is 5. The fraction of sp³-hybridized carbons (Fsp3) is 0.900. The standard InChI is InChI=1S/C80H153NO5/c1-3-5-7-9-11-13-15-17-19-21-36-40-44-48-52-56-60-64-68-72-78(83)77(76-82)81-79(84)73-69-65-61-57-53-49-45-41-38-34-32-30-28-26-24-23-25-27-29-31-33-35-39-43-47-51-55-59-63-67-71-75-86-80(85)74-70-66-62-58-54-50-46-42-37-22-20-18-16-14-12-10-8-6-4-2/h18,20,25,27,68,72,77-78,82-83H,3-17,19,21-24,26,28-67,69-71,73-76H2,1-2H3,(H,81,84)/b20-18-,27-25-,72-68+. The Morgan fingerprint density at radius 2 is 0.547 bits per heavy atom. The van der Waals surface area contributed by atoms with Gasteiger partial charge in [-0.15, -0.1) is 0 Å². The van der Waals surface area contributed by atoms with Crippen molar-refractivity contribution in [1.82, 2.24) is 5.32 Å². The molecule has 0 aliphatic carbocycles. The third-order valence-corrected chi connectivity index (χ3v) is 18.4. The van der Waals surface area contributed by atoms with Crippen LogP contribution in [-0.2, 0) is 14.3 Å². The van der Waals surface area contributed by atoms with Gasteiger partial charge in [0.05, 0.1) is 25.4 Å². The van der Waals surface area contributed by atoms with Crippen molar-refractivity contribution in [3.05, 3.63) is 36.5 Å². The number of esters is 1. The quantitative estimate of drug-likeness (QED) is 0.0320. The van der Waals surface area contributed by atoms with E-state index in [9.17, 15) is 19.8 Å². The number of amides is 1. The molecule has 0 fully saturated rings. The number of hydrogen-bond donors (Lipinski definition) is 3.